The first kappa shape index (κ1) is 29.1. The number of nitrogens with zero attached hydrogens (tertiary/aromatic N) is 1. The molecule has 200 valence electrons. The number of nitrogens with one attached hydrogen (secondary N) is 3. The molecule has 0 aromatic rings. The summed E-state index contributed by atoms with van der Waals surface area (Å²) in [5.74, 6) is -1.43. The van der Waals surface area contributed by atoms with Crippen molar-refractivity contribution >= 4 is 23.6 Å². The van der Waals surface area contributed by atoms with Crippen LogP contribution in [0.1, 0.15) is 98.3 Å². The van der Waals surface area contributed by atoms with Crippen molar-refractivity contribution in [3.8, 4) is 0 Å². The Balaban J connectivity index is 2.10. The molecule has 0 radical (unpaired) electrons. The van der Waals surface area contributed by atoms with Crippen molar-refractivity contribution in [1.29, 1.82) is 0 Å². The summed E-state index contributed by atoms with van der Waals surface area (Å²) >= 11 is 0. The molecule has 3 atom stereocenters. The van der Waals surface area contributed by atoms with E-state index in [0.29, 0.717) is 32.4 Å². The number of likely N-dealkylation sites (tertiary alicyclic amines) is 1. The first-order valence-electron chi connectivity index (χ1n) is 13.5. The van der Waals surface area contributed by atoms with E-state index in [1.807, 2.05) is 13.8 Å². The highest BCUT2D eigenvalue weighted by Crippen LogP contribution is 2.30. The highest BCUT2D eigenvalue weighted by Gasteiger charge is 2.44. The lowest BCUT2D eigenvalue weighted by atomic mass is 9.80. The average Bonchev–Trinajstić information content (AvgIpc) is 3.37. The molecule has 1 saturated carbocycles. The van der Waals surface area contributed by atoms with Gasteiger partial charge in [0.2, 0.25) is 5.91 Å². The van der Waals surface area contributed by atoms with E-state index in [1.165, 1.54) is 6.92 Å². The Morgan fingerprint density at radius 1 is 0.943 bits per heavy atom. The van der Waals surface area contributed by atoms with Crippen LogP contribution in [0.2, 0.25) is 0 Å². The summed E-state index contributed by atoms with van der Waals surface area (Å²) in [7, 11) is 0. The first-order valence-corrected chi connectivity index (χ1v) is 13.5. The zero-order valence-electron chi connectivity index (χ0n) is 22.0. The van der Waals surface area contributed by atoms with Crippen LogP contribution < -0.4 is 16.0 Å². The molecular weight excluding hydrogens is 448 g/mol. The molecular formula is C26H46N4O5. The van der Waals surface area contributed by atoms with Crippen molar-refractivity contribution in [2.24, 2.45) is 5.92 Å². The van der Waals surface area contributed by atoms with Crippen molar-refractivity contribution in [2.75, 3.05) is 13.1 Å². The molecule has 9 heteroatoms. The number of aliphatic hydroxyl groups excluding tert-OH is 1. The second-order valence-corrected chi connectivity index (χ2v) is 10.6. The minimum Gasteiger partial charge on any atom is -0.381 e. The van der Waals surface area contributed by atoms with Gasteiger partial charge in [0.25, 0.3) is 5.91 Å². The quantitative estimate of drug-likeness (QED) is 0.310. The van der Waals surface area contributed by atoms with Crippen LogP contribution in [0.4, 0.5) is 4.79 Å². The van der Waals surface area contributed by atoms with Crippen molar-refractivity contribution < 1.29 is 24.3 Å². The number of carbonyl (C=O) groups excluding carboxylic acids is 4. The first-order chi connectivity index (χ1) is 16.6. The van der Waals surface area contributed by atoms with Crippen LogP contribution in [0.3, 0.4) is 0 Å². The number of amides is 4. The number of unbranched alkanes of at least 4 members (excludes halogenated alkanes) is 2. The fourth-order valence-corrected chi connectivity index (χ4v) is 5.06. The lowest BCUT2D eigenvalue weighted by Crippen LogP contribution is -2.65. The zero-order valence-corrected chi connectivity index (χ0v) is 22.0. The molecule has 4 N–H and O–H groups in total. The van der Waals surface area contributed by atoms with Gasteiger partial charge in [-0.3, -0.25) is 14.4 Å². The molecule has 0 aromatic heterocycles. The molecule has 0 bridgehead atoms. The van der Waals surface area contributed by atoms with Gasteiger partial charge >= 0.3 is 6.03 Å². The minimum absolute atomic E-state index is 0.155. The topological polar surface area (TPSA) is 128 Å². The maximum absolute atomic E-state index is 13.6. The Bertz CT molecular complexity index is 729. The monoisotopic (exact) mass is 494 g/mol. The molecule has 1 heterocycles. The van der Waals surface area contributed by atoms with Gasteiger partial charge in [0.1, 0.15) is 5.54 Å². The smallest absolute Gasteiger partial charge is 0.318 e. The van der Waals surface area contributed by atoms with Gasteiger partial charge < -0.3 is 26.0 Å². The third-order valence-corrected chi connectivity index (χ3v) is 7.41. The molecule has 1 saturated heterocycles. The average molecular weight is 495 g/mol. The Morgan fingerprint density at radius 2 is 1.57 bits per heavy atom. The fraction of sp³-hybridized carbons (Fsp3) is 0.846. The molecule has 1 aliphatic carbocycles. The van der Waals surface area contributed by atoms with Gasteiger partial charge in [-0.05, 0) is 44.9 Å². The lowest BCUT2D eigenvalue weighted by molar-refractivity contribution is -0.137. The predicted molar refractivity (Wildman–Crippen MR) is 135 cm³/mol. The molecule has 2 aliphatic rings. The summed E-state index contributed by atoms with van der Waals surface area (Å²) in [6, 6.07) is -1.74. The van der Waals surface area contributed by atoms with Crippen LogP contribution in [-0.4, -0.2) is 70.5 Å². The van der Waals surface area contributed by atoms with Crippen LogP contribution in [0.25, 0.3) is 0 Å². The highest BCUT2D eigenvalue weighted by molar-refractivity contribution is 5.93. The SMILES string of the molecule is CCCCC[C@H](NC(=O)[C@H](O)[C@@H](NC(=O)C1(NC(=O)N2CCCC2)CCCCC1)C(C)C)C(C)=O. The largest absolute Gasteiger partial charge is 0.381 e. The molecule has 1 aliphatic heterocycles. The minimum atomic E-state index is -1.51. The third-order valence-electron chi connectivity index (χ3n) is 7.41. The summed E-state index contributed by atoms with van der Waals surface area (Å²) in [6.45, 7) is 8.51. The van der Waals surface area contributed by atoms with E-state index in [1.54, 1.807) is 4.90 Å². The lowest BCUT2D eigenvalue weighted by Gasteiger charge is -2.39. The number of aliphatic hydroxyl groups is 1. The van der Waals surface area contributed by atoms with Crippen molar-refractivity contribution in [3.05, 3.63) is 0 Å². The summed E-state index contributed by atoms with van der Waals surface area (Å²) in [5.41, 5.74) is -1.05. The third kappa shape index (κ3) is 8.19. The van der Waals surface area contributed by atoms with Gasteiger partial charge in [0, 0.05) is 13.1 Å². The van der Waals surface area contributed by atoms with E-state index < -0.39 is 29.6 Å². The van der Waals surface area contributed by atoms with Crippen molar-refractivity contribution in [1.82, 2.24) is 20.9 Å². The standard InChI is InChI=1S/C26H46N4O5/c1-5-6-8-13-20(19(4)31)27-23(33)22(32)21(18(2)3)28-24(34)26(14-9-7-10-15-26)29-25(35)30-16-11-12-17-30/h18,20-22,32H,5-17H2,1-4H3,(H,27,33)(H,28,34)(H,29,35)/t20-,21-,22+/m0/s1. The number of hydrogen-bond acceptors (Lipinski definition) is 5. The van der Waals surface area contributed by atoms with Crippen molar-refractivity contribution in [3.63, 3.8) is 0 Å². The fourth-order valence-electron chi connectivity index (χ4n) is 5.06. The van der Waals surface area contributed by atoms with Crippen molar-refractivity contribution in [2.45, 2.75) is 122 Å². The Labute approximate surface area is 210 Å². The molecule has 0 aromatic carbocycles. The van der Waals surface area contributed by atoms with E-state index in [4.69, 9.17) is 0 Å². The van der Waals surface area contributed by atoms with Gasteiger partial charge in [-0.2, -0.15) is 0 Å². The normalized spacial score (nSPS) is 20.1. The molecule has 2 rings (SSSR count). The molecule has 4 amide bonds. The van der Waals surface area contributed by atoms with Gasteiger partial charge in [-0.15, -0.1) is 0 Å². The second-order valence-electron chi connectivity index (χ2n) is 10.6. The highest BCUT2D eigenvalue weighted by atomic mass is 16.3. The van der Waals surface area contributed by atoms with Crippen LogP contribution in [0.15, 0.2) is 0 Å². The molecule has 2 fully saturated rings. The maximum Gasteiger partial charge on any atom is 0.318 e. The Hall–Kier alpha value is -2.16. The van der Waals surface area contributed by atoms with Gasteiger partial charge in [-0.1, -0.05) is 59.3 Å². The summed E-state index contributed by atoms with van der Waals surface area (Å²) in [4.78, 5) is 53.1. The molecule has 35 heavy (non-hydrogen) atoms. The van der Waals surface area contributed by atoms with Crippen LogP contribution in [-0.2, 0) is 14.4 Å². The predicted octanol–water partition coefficient (Wildman–Crippen LogP) is 2.65. The Kier molecular flexibility index (Phi) is 11.5. The number of ketones is 1. The number of urea groups is 1. The van der Waals surface area contributed by atoms with E-state index in [2.05, 4.69) is 22.9 Å². The van der Waals surface area contributed by atoms with Crippen LogP contribution >= 0.6 is 0 Å². The number of hydrogen-bond donors (Lipinski definition) is 4. The van der Waals surface area contributed by atoms with Gasteiger partial charge in [-0.25, -0.2) is 4.79 Å². The maximum atomic E-state index is 13.6. The summed E-state index contributed by atoms with van der Waals surface area (Å²) < 4.78 is 0. The zero-order chi connectivity index (χ0) is 26.0. The molecule has 9 nitrogen and oxygen atoms in total. The van der Waals surface area contributed by atoms with E-state index in [9.17, 15) is 24.3 Å². The van der Waals surface area contributed by atoms with E-state index >= 15 is 0 Å². The number of rotatable bonds is 12. The van der Waals surface area contributed by atoms with Gasteiger partial charge in [0.15, 0.2) is 11.9 Å². The number of carbonyl (C=O) groups is 4. The van der Waals surface area contributed by atoms with Crippen LogP contribution in [0, 0.1) is 5.92 Å². The summed E-state index contributed by atoms with van der Waals surface area (Å²) in [5, 5.41) is 19.5. The number of Topliss-reactive ketones (excluding diaryl/α,β-unsaturated/α-hetero) is 1. The van der Waals surface area contributed by atoms with Gasteiger partial charge in [0.05, 0.1) is 12.1 Å². The molecule has 0 spiro atoms. The molecule has 0 unspecified atom stereocenters. The van der Waals surface area contributed by atoms with E-state index in [-0.39, 0.29) is 23.6 Å². The van der Waals surface area contributed by atoms with E-state index in [0.717, 1.165) is 51.4 Å². The summed E-state index contributed by atoms with van der Waals surface area (Å²) in [6.07, 6.45) is 7.38. The Morgan fingerprint density at radius 3 is 2.11 bits per heavy atom. The second kappa shape index (κ2) is 13.8. The van der Waals surface area contributed by atoms with Crippen LogP contribution in [0.5, 0.6) is 0 Å².